The first-order valence-corrected chi connectivity index (χ1v) is 9.44. The second kappa shape index (κ2) is 7.50. The summed E-state index contributed by atoms with van der Waals surface area (Å²) >= 11 is 1.41. The molecular formula is C20H22FN3OS. The largest absolute Gasteiger partial charge is 0.351 e. The number of fused-ring (bicyclic) bond motifs is 1. The number of imidazole rings is 1. The molecule has 3 aromatic rings. The maximum atomic E-state index is 13.2. The normalized spacial score (nSPS) is 11.7. The lowest BCUT2D eigenvalue weighted by Crippen LogP contribution is -2.41. The molecule has 1 N–H and O–H groups in total. The van der Waals surface area contributed by atoms with Crippen LogP contribution in [0.1, 0.15) is 26.3 Å². The summed E-state index contributed by atoms with van der Waals surface area (Å²) in [7, 11) is 0. The molecule has 0 aliphatic heterocycles. The van der Waals surface area contributed by atoms with Crippen molar-refractivity contribution in [2.75, 3.05) is 5.75 Å². The minimum Gasteiger partial charge on any atom is -0.351 e. The van der Waals surface area contributed by atoms with Crippen molar-refractivity contribution in [2.24, 2.45) is 0 Å². The van der Waals surface area contributed by atoms with E-state index in [1.807, 2.05) is 45.0 Å². The Bertz CT molecular complexity index is 913. The lowest BCUT2D eigenvalue weighted by atomic mass is 10.1. The van der Waals surface area contributed by atoms with E-state index in [9.17, 15) is 9.18 Å². The van der Waals surface area contributed by atoms with Gasteiger partial charge in [0.25, 0.3) is 0 Å². The van der Waals surface area contributed by atoms with E-state index in [2.05, 4.69) is 14.9 Å². The highest BCUT2D eigenvalue weighted by Gasteiger charge is 2.16. The summed E-state index contributed by atoms with van der Waals surface area (Å²) < 4.78 is 15.2. The van der Waals surface area contributed by atoms with E-state index >= 15 is 0 Å². The van der Waals surface area contributed by atoms with Gasteiger partial charge < -0.3 is 9.88 Å². The molecule has 0 fully saturated rings. The topological polar surface area (TPSA) is 46.9 Å². The molecule has 4 nitrogen and oxygen atoms in total. The van der Waals surface area contributed by atoms with Crippen molar-refractivity contribution in [1.82, 2.24) is 14.9 Å². The summed E-state index contributed by atoms with van der Waals surface area (Å²) in [4.78, 5) is 16.8. The highest BCUT2D eigenvalue weighted by molar-refractivity contribution is 7.99. The number of para-hydroxylation sites is 2. The minimum absolute atomic E-state index is 0.0251. The zero-order valence-corrected chi connectivity index (χ0v) is 15.9. The number of nitrogens with one attached hydrogen (secondary N) is 1. The van der Waals surface area contributed by atoms with Crippen LogP contribution in [0.5, 0.6) is 0 Å². The second-order valence-electron chi connectivity index (χ2n) is 7.18. The summed E-state index contributed by atoms with van der Waals surface area (Å²) in [6.45, 7) is 6.45. The molecule has 136 valence electrons. The molecule has 6 heteroatoms. The highest BCUT2D eigenvalue weighted by Crippen LogP contribution is 2.25. The number of thioether (sulfide) groups is 1. The van der Waals surface area contributed by atoms with Crippen LogP contribution in [-0.4, -0.2) is 26.8 Å². The molecule has 0 radical (unpaired) electrons. The maximum absolute atomic E-state index is 13.2. The number of hydrogen-bond donors (Lipinski definition) is 1. The van der Waals surface area contributed by atoms with Gasteiger partial charge in [-0.1, -0.05) is 36.0 Å². The van der Waals surface area contributed by atoms with Crippen LogP contribution >= 0.6 is 11.8 Å². The van der Waals surface area contributed by atoms with Crippen LogP contribution in [-0.2, 0) is 11.3 Å². The van der Waals surface area contributed by atoms with Gasteiger partial charge in [-0.3, -0.25) is 4.79 Å². The van der Waals surface area contributed by atoms with Crippen molar-refractivity contribution >= 4 is 28.7 Å². The molecule has 0 aliphatic carbocycles. The molecule has 26 heavy (non-hydrogen) atoms. The van der Waals surface area contributed by atoms with E-state index in [1.54, 1.807) is 12.1 Å². The quantitative estimate of drug-likeness (QED) is 0.683. The molecule has 0 saturated heterocycles. The average molecular weight is 371 g/mol. The number of hydrogen-bond acceptors (Lipinski definition) is 3. The Hall–Kier alpha value is -2.34. The van der Waals surface area contributed by atoms with Gasteiger partial charge in [0.15, 0.2) is 5.16 Å². The Morgan fingerprint density at radius 2 is 1.85 bits per heavy atom. The van der Waals surface area contributed by atoms with Crippen LogP contribution in [0, 0.1) is 5.82 Å². The van der Waals surface area contributed by atoms with E-state index in [4.69, 9.17) is 0 Å². The molecule has 0 saturated carbocycles. The number of benzene rings is 2. The van der Waals surface area contributed by atoms with Gasteiger partial charge in [0.1, 0.15) is 5.82 Å². The van der Waals surface area contributed by atoms with E-state index < -0.39 is 0 Å². The van der Waals surface area contributed by atoms with E-state index in [1.165, 1.54) is 23.9 Å². The Morgan fingerprint density at radius 3 is 2.54 bits per heavy atom. The van der Waals surface area contributed by atoms with Crippen molar-refractivity contribution in [2.45, 2.75) is 38.0 Å². The first-order chi connectivity index (χ1) is 12.3. The second-order valence-corrected chi connectivity index (χ2v) is 8.13. The van der Waals surface area contributed by atoms with Crippen molar-refractivity contribution in [3.05, 3.63) is 59.9 Å². The number of halogens is 1. The molecule has 0 bridgehead atoms. The van der Waals surface area contributed by atoms with Crippen molar-refractivity contribution in [3.8, 4) is 0 Å². The third-order valence-electron chi connectivity index (χ3n) is 3.72. The molecular weight excluding hydrogens is 349 g/mol. The van der Waals surface area contributed by atoms with Gasteiger partial charge in [-0.15, -0.1) is 0 Å². The molecule has 0 spiro atoms. The third-order valence-corrected chi connectivity index (χ3v) is 4.70. The summed E-state index contributed by atoms with van der Waals surface area (Å²) in [6, 6.07) is 14.3. The monoisotopic (exact) mass is 371 g/mol. The lowest BCUT2D eigenvalue weighted by molar-refractivity contribution is -0.119. The summed E-state index contributed by atoms with van der Waals surface area (Å²) in [5, 5.41) is 3.74. The Labute approximate surface area is 156 Å². The van der Waals surface area contributed by atoms with Gasteiger partial charge in [0.05, 0.1) is 23.3 Å². The molecule has 1 amide bonds. The van der Waals surface area contributed by atoms with Crippen LogP contribution in [0.4, 0.5) is 4.39 Å². The van der Waals surface area contributed by atoms with Crippen molar-refractivity contribution < 1.29 is 9.18 Å². The number of aromatic nitrogens is 2. The van der Waals surface area contributed by atoms with Gasteiger partial charge in [0, 0.05) is 5.54 Å². The predicted octanol–water partition coefficient (Wildman–Crippen LogP) is 4.23. The smallest absolute Gasteiger partial charge is 0.230 e. The number of carbonyl (C=O) groups is 1. The molecule has 2 aromatic carbocycles. The SMILES string of the molecule is CC(C)(C)NC(=O)CSc1nc2ccccc2n1Cc1ccc(F)cc1. The Kier molecular flexibility index (Phi) is 5.32. The first kappa shape index (κ1) is 18.5. The van der Waals surface area contributed by atoms with Crippen LogP contribution in [0.2, 0.25) is 0 Å². The third kappa shape index (κ3) is 4.64. The number of amides is 1. The fourth-order valence-corrected chi connectivity index (χ4v) is 3.49. The summed E-state index contributed by atoms with van der Waals surface area (Å²) in [5.74, 6) is 0.0184. The van der Waals surface area contributed by atoms with Crippen LogP contribution in [0.15, 0.2) is 53.7 Å². The van der Waals surface area contributed by atoms with Crippen LogP contribution in [0.25, 0.3) is 11.0 Å². The van der Waals surface area contributed by atoms with Crippen molar-refractivity contribution in [3.63, 3.8) is 0 Å². The van der Waals surface area contributed by atoms with Gasteiger partial charge >= 0.3 is 0 Å². The zero-order chi connectivity index (χ0) is 18.7. The van der Waals surface area contributed by atoms with Gasteiger partial charge in [-0.05, 0) is 50.6 Å². The molecule has 1 aromatic heterocycles. The number of nitrogens with zero attached hydrogens (tertiary/aromatic N) is 2. The Morgan fingerprint density at radius 1 is 1.15 bits per heavy atom. The molecule has 0 unspecified atom stereocenters. The molecule has 1 heterocycles. The summed E-state index contributed by atoms with van der Waals surface area (Å²) in [5.41, 5.74) is 2.60. The highest BCUT2D eigenvalue weighted by atomic mass is 32.2. The maximum Gasteiger partial charge on any atom is 0.230 e. The van der Waals surface area contributed by atoms with E-state index in [0.717, 1.165) is 21.8 Å². The van der Waals surface area contributed by atoms with Gasteiger partial charge in [-0.25, -0.2) is 9.37 Å². The fraction of sp³-hybridized carbons (Fsp3) is 0.300. The fourth-order valence-electron chi connectivity index (χ4n) is 2.67. The van der Waals surface area contributed by atoms with Gasteiger partial charge in [-0.2, -0.15) is 0 Å². The first-order valence-electron chi connectivity index (χ1n) is 8.45. The molecule has 3 rings (SSSR count). The standard InChI is InChI=1S/C20H22FN3OS/c1-20(2,3)23-18(25)13-26-19-22-16-6-4-5-7-17(16)24(19)12-14-8-10-15(21)11-9-14/h4-11H,12-13H2,1-3H3,(H,23,25). The predicted molar refractivity (Wildman–Crippen MR) is 104 cm³/mol. The molecule has 0 aliphatic rings. The van der Waals surface area contributed by atoms with E-state index in [-0.39, 0.29) is 17.3 Å². The molecule has 0 atom stereocenters. The summed E-state index contributed by atoms with van der Waals surface area (Å²) in [6.07, 6.45) is 0. The number of rotatable bonds is 5. The van der Waals surface area contributed by atoms with Crippen LogP contribution < -0.4 is 5.32 Å². The minimum atomic E-state index is -0.258. The average Bonchev–Trinajstić information content (AvgIpc) is 2.91. The van der Waals surface area contributed by atoms with Crippen molar-refractivity contribution in [1.29, 1.82) is 0 Å². The van der Waals surface area contributed by atoms with Crippen LogP contribution in [0.3, 0.4) is 0 Å². The van der Waals surface area contributed by atoms with Gasteiger partial charge in [0.2, 0.25) is 5.91 Å². The lowest BCUT2D eigenvalue weighted by Gasteiger charge is -2.20. The van der Waals surface area contributed by atoms with E-state index in [0.29, 0.717) is 12.3 Å². The number of carbonyl (C=O) groups excluding carboxylic acids is 1. The Balaban J connectivity index is 1.85. The zero-order valence-electron chi connectivity index (χ0n) is 15.1.